The van der Waals surface area contributed by atoms with Gasteiger partial charge in [0, 0.05) is 13.1 Å². The first-order valence-corrected chi connectivity index (χ1v) is 5.10. The van der Waals surface area contributed by atoms with Crippen LogP contribution in [0.25, 0.3) is 0 Å². The Bertz CT molecular complexity index is 305. The minimum atomic E-state index is -0.490. The molecule has 0 bridgehead atoms. The summed E-state index contributed by atoms with van der Waals surface area (Å²) in [5, 5.41) is 5.03. The highest BCUT2D eigenvalue weighted by Crippen LogP contribution is 2.03. The second-order valence-corrected chi connectivity index (χ2v) is 3.53. The van der Waals surface area contributed by atoms with Crippen molar-refractivity contribution in [1.29, 1.82) is 0 Å². The summed E-state index contributed by atoms with van der Waals surface area (Å²) in [5.41, 5.74) is 5.09. The van der Waals surface area contributed by atoms with Gasteiger partial charge >= 0.3 is 0 Å². The smallest absolute Gasteiger partial charge is 0.242 e. The highest BCUT2D eigenvalue weighted by atomic mass is 16.2. The van der Waals surface area contributed by atoms with Gasteiger partial charge in [-0.1, -0.05) is 0 Å². The standard InChI is InChI=1S/C9H16N4O3/c1-6-9(16)11-2-3-13(6)8(15)5-12-7(14)4-10/h6H,2-5,10H2,1H3,(H,11,16)(H,12,14). The molecule has 0 saturated carbocycles. The highest BCUT2D eigenvalue weighted by Gasteiger charge is 2.28. The van der Waals surface area contributed by atoms with Gasteiger partial charge in [-0.25, -0.2) is 0 Å². The molecule has 0 aromatic rings. The van der Waals surface area contributed by atoms with Crippen molar-refractivity contribution in [1.82, 2.24) is 15.5 Å². The van der Waals surface area contributed by atoms with Crippen molar-refractivity contribution in [3.8, 4) is 0 Å². The first-order valence-electron chi connectivity index (χ1n) is 5.10. The number of nitrogens with two attached hydrogens (primary N) is 1. The molecule has 1 aliphatic heterocycles. The van der Waals surface area contributed by atoms with Gasteiger partial charge in [0.2, 0.25) is 17.7 Å². The minimum Gasteiger partial charge on any atom is -0.353 e. The van der Waals surface area contributed by atoms with Crippen molar-refractivity contribution < 1.29 is 14.4 Å². The first kappa shape index (κ1) is 12.4. The van der Waals surface area contributed by atoms with Crippen LogP contribution < -0.4 is 16.4 Å². The molecular formula is C9H16N4O3. The molecule has 7 nitrogen and oxygen atoms in total. The average Bonchev–Trinajstić information content (AvgIpc) is 2.29. The maximum Gasteiger partial charge on any atom is 0.242 e. The van der Waals surface area contributed by atoms with Crippen LogP contribution in [-0.4, -0.2) is 54.8 Å². The summed E-state index contributed by atoms with van der Waals surface area (Å²) in [6.45, 7) is 2.29. The summed E-state index contributed by atoms with van der Waals surface area (Å²) in [6, 6.07) is -0.490. The van der Waals surface area contributed by atoms with Gasteiger partial charge in [-0.15, -0.1) is 0 Å². The van der Waals surface area contributed by atoms with Crippen LogP contribution in [0.5, 0.6) is 0 Å². The number of amides is 3. The molecule has 4 N–H and O–H groups in total. The third-order valence-electron chi connectivity index (χ3n) is 2.44. The summed E-state index contributed by atoms with van der Waals surface area (Å²) < 4.78 is 0. The van der Waals surface area contributed by atoms with Crippen molar-refractivity contribution in [2.75, 3.05) is 26.2 Å². The molecule has 0 aromatic carbocycles. The van der Waals surface area contributed by atoms with Gasteiger partial charge in [0.05, 0.1) is 13.1 Å². The van der Waals surface area contributed by atoms with Crippen molar-refractivity contribution in [2.45, 2.75) is 13.0 Å². The Hall–Kier alpha value is -1.63. The molecule has 1 heterocycles. The second kappa shape index (κ2) is 5.45. The number of hydrogen-bond acceptors (Lipinski definition) is 4. The van der Waals surface area contributed by atoms with Crippen LogP contribution in [0.1, 0.15) is 6.92 Å². The maximum atomic E-state index is 11.7. The molecule has 90 valence electrons. The number of carbonyl (C=O) groups excluding carboxylic acids is 3. The average molecular weight is 228 g/mol. The number of carbonyl (C=O) groups is 3. The van der Waals surface area contributed by atoms with Crippen molar-refractivity contribution >= 4 is 17.7 Å². The summed E-state index contributed by atoms with van der Waals surface area (Å²) in [6.07, 6.45) is 0. The molecule has 0 spiro atoms. The van der Waals surface area contributed by atoms with E-state index in [1.165, 1.54) is 4.90 Å². The van der Waals surface area contributed by atoms with E-state index < -0.39 is 6.04 Å². The predicted molar refractivity (Wildman–Crippen MR) is 56.2 cm³/mol. The van der Waals surface area contributed by atoms with Crippen LogP contribution in [-0.2, 0) is 14.4 Å². The molecular weight excluding hydrogens is 212 g/mol. The lowest BCUT2D eigenvalue weighted by Gasteiger charge is -2.32. The summed E-state index contributed by atoms with van der Waals surface area (Å²) in [5.74, 6) is -0.837. The van der Waals surface area contributed by atoms with E-state index in [1.54, 1.807) is 6.92 Å². The molecule has 1 saturated heterocycles. The van der Waals surface area contributed by atoms with Gasteiger partial charge in [-0.2, -0.15) is 0 Å². The Kier molecular flexibility index (Phi) is 4.24. The molecule has 0 aliphatic carbocycles. The van der Waals surface area contributed by atoms with Crippen LogP contribution in [0.2, 0.25) is 0 Å². The lowest BCUT2D eigenvalue weighted by atomic mass is 10.2. The quantitative estimate of drug-likeness (QED) is 0.493. The Morgan fingerprint density at radius 3 is 2.94 bits per heavy atom. The molecule has 1 atom stereocenters. The van der Waals surface area contributed by atoms with E-state index in [4.69, 9.17) is 5.73 Å². The Morgan fingerprint density at radius 2 is 2.31 bits per heavy atom. The summed E-state index contributed by atoms with van der Waals surface area (Å²) in [7, 11) is 0. The second-order valence-electron chi connectivity index (χ2n) is 3.53. The molecule has 0 radical (unpaired) electrons. The van der Waals surface area contributed by atoms with Gasteiger partial charge in [-0.05, 0) is 6.92 Å². The van der Waals surface area contributed by atoms with E-state index in [1.807, 2.05) is 0 Å². The third-order valence-corrected chi connectivity index (χ3v) is 2.44. The molecule has 0 aromatic heterocycles. The number of rotatable bonds is 3. The molecule has 7 heteroatoms. The summed E-state index contributed by atoms with van der Waals surface area (Å²) in [4.78, 5) is 35.3. The maximum absolute atomic E-state index is 11.7. The van der Waals surface area contributed by atoms with E-state index >= 15 is 0 Å². The van der Waals surface area contributed by atoms with Crippen LogP contribution in [0.15, 0.2) is 0 Å². The first-order chi connectivity index (χ1) is 7.56. The molecule has 1 rings (SSSR count). The van der Waals surface area contributed by atoms with Crippen molar-refractivity contribution in [3.05, 3.63) is 0 Å². The largest absolute Gasteiger partial charge is 0.353 e. The Balaban J connectivity index is 2.46. The van der Waals surface area contributed by atoms with E-state index in [0.717, 1.165) is 0 Å². The zero-order valence-electron chi connectivity index (χ0n) is 9.16. The van der Waals surface area contributed by atoms with Gasteiger partial charge in [0.25, 0.3) is 0 Å². The topological polar surface area (TPSA) is 105 Å². The molecule has 3 amide bonds. The van der Waals surface area contributed by atoms with Crippen LogP contribution in [0.3, 0.4) is 0 Å². The van der Waals surface area contributed by atoms with Gasteiger partial charge in [-0.3, -0.25) is 14.4 Å². The number of nitrogens with zero attached hydrogens (tertiary/aromatic N) is 1. The highest BCUT2D eigenvalue weighted by molar-refractivity contribution is 5.91. The van der Waals surface area contributed by atoms with E-state index in [9.17, 15) is 14.4 Å². The van der Waals surface area contributed by atoms with E-state index in [0.29, 0.717) is 13.1 Å². The van der Waals surface area contributed by atoms with Gasteiger partial charge in [0.1, 0.15) is 6.04 Å². The fourth-order valence-electron chi connectivity index (χ4n) is 1.47. The van der Waals surface area contributed by atoms with Crippen LogP contribution in [0, 0.1) is 0 Å². The van der Waals surface area contributed by atoms with Gasteiger partial charge < -0.3 is 21.3 Å². The molecule has 1 fully saturated rings. The van der Waals surface area contributed by atoms with Gasteiger partial charge in [0.15, 0.2) is 0 Å². The summed E-state index contributed by atoms with van der Waals surface area (Å²) >= 11 is 0. The number of nitrogens with one attached hydrogen (secondary N) is 2. The van der Waals surface area contributed by atoms with Crippen LogP contribution >= 0.6 is 0 Å². The fraction of sp³-hybridized carbons (Fsp3) is 0.667. The van der Waals surface area contributed by atoms with E-state index in [2.05, 4.69) is 10.6 Å². The number of piperazine rings is 1. The SMILES string of the molecule is CC1C(=O)NCCN1C(=O)CNC(=O)CN. The molecule has 1 aliphatic rings. The Morgan fingerprint density at radius 1 is 1.62 bits per heavy atom. The molecule has 16 heavy (non-hydrogen) atoms. The van der Waals surface area contributed by atoms with Crippen LogP contribution in [0.4, 0.5) is 0 Å². The zero-order chi connectivity index (χ0) is 12.1. The van der Waals surface area contributed by atoms with E-state index in [-0.39, 0.29) is 30.8 Å². The lowest BCUT2D eigenvalue weighted by molar-refractivity contribution is -0.142. The normalized spacial score (nSPS) is 20.2. The lowest BCUT2D eigenvalue weighted by Crippen LogP contribution is -2.57. The molecule has 1 unspecified atom stereocenters. The predicted octanol–water partition coefficient (Wildman–Crippen LogP) is -2.59. The number of hydrogen-bond donors (Lipinski definition) is 3. The third kappa shape index (κ3) is 2.93. The van der Waals surface area contributed by atoms with Crippen molar-refractivity contribution in [3.63, 3.8) is 0 Å². The Labute approximate surface area is 93.3 Å². The monoisotopic (exact) mass is 228 g/mol. The fourth-order valence-corrected chi connectivity index (χ4v) is 1.47. The minimum absolute atomic E-state index is 0.117. The van der Waals surface area contributed by atoms with Crippen molar-refractivity contribution in [2.24, 2.45) is 5.73 Å². The zero-order valence-corrected chi connectivity index (χ0v) is 9.16.